The van der Waals surface area contributed by atoms with Gasteiger partial charge in [0.15, 0.2) is 0 Å². The number of benzene rings is 1. The second kappa shape index (κ2) is 4.17. The van der Waals surface area contributed by atoms with Crippen LogP contribution in [0.15, 0.2) is 36.4 Å². The lowest BCUT2D eigenvalue weighted by atomic mass is 10.2. The largest absolute Gasteiger partial charge is 0.493 e. The molecule has 3 nitrogen and oxygen atoms in total. The van der Waals surface area contributed by atoms with Crippen molar-refractivity contribution in [3.05, 3.63) is 54.6 Å². The monoisotopic (exact) mass is 201 g/mol. The van der Waals surface area contributed by atoms with Crippen LogP contribution in [0.25, 0.3) is 0 Å². The summed E-state index contributed by atoms with van der Waals surface area (Å²) in [5, 5.41) is 13.8. The van der Waals surface area contributed by atoms with Gasteiger partial charge in [0.2, 0.25) is 5.88 Å². The van der Waals surface area contributed by atoms with E-state index in [0.717, 1.165) is 11.3 Å². The summed E-state index contributed by atoms with van der Waals surface area (Å²) >= 11 is 0. The molecule has 0 aliphatic rings. The maximum absolute atomic E-state index is 9.60. The second-order valence-electron chi connectivity index (χ2n) is 3.39. The van der Waals surface area contributed by atoms with Crippen LogP contribution < -0.4 is 0 Å². The molecule has 0 amide bonds. The Labute approximate surface area is 89.0 Å². The van der Waals surface area contributed by atoms with Gasteiger partial charge >= 0.3 is 0 Å². The third kappa shape index (κ3) is 2.18. The summed E-state index contributed by atoms with van der Waals surface area (Å²) in [7, 11) is 0. The standard InChI is InChI=1S/C12H13N2O/c1-2-11-8-12(15)14(13-11)9-10-6-4-3-5-7-10/h3-8,15H,1-2,9H2. The van der Waals surface area contributed by atoms with Crippen molar-refractivity contribution in [3.8, 4) is 5.88 Å². The molecule has 15 heavy (non-hydrogen) atoms. The molecule has 0 aliphatic heterocycles. The Morgan fingerprint density at radius 2 is 2.00 bits per heavy atom. The van der Waals surface area contributed by atoms with Gasteiger partial charge in [-0.1, -0.05) is 30.3 Å². The molecule has 1 aromatic carbocycles. The first-order valence-electron chi connectivity index (χ1n) is 4.88. The first-order chi connectivity index (χ1) is 7.29. The Hall–Kier alpha value is -1.77. The van der Waals surface area contributed by atoms with E-state index in [-0.39, 0.29) is 5.88 Å². The highest BCUT2D eigenvalue weighted by atomic mass is 16.3. The molecule has 0 aliphatic carbocycles. The van der Waals surface area contributed by atoms with E-state index in [9.17, 15) is 5.11 Å². The van der Waals surface area contributed by atoms with Gasteiger partial charge in [-0.05, 0) is 18.9 Å². The van der Waals surface area contributed by atoms with Crippen molar-refractivity contribution in [2.24, 2.45) is 0 Å². The zero-order valence-electron chi connectivity index (χ0n) is 8.43. The maximum Gasteiger partial charge on any atom is 0.209 e. The normalized spacial score (nSPS) is 10.5. The fourth-order valence-electron chi connectivity index (χ4n) is 1.45. The number of rotatable bonds is 3. The van der Waals surface area contributed by atoms with Gasteiger partial charge < -0.3 is 5.11 Å². The van der Waals surface area contributed by atoms with Crippen LogP contribution in [0.4, 0.5) is 0 Å². The molecule has 0 saturated carbocycles. The van der Waals surface area contributed by atoms with Gasteiger partial charge in [-0.2, -0.15) is 5.10 Å². The Balaban J connectivity index is 2.21. The summed E-state index contributed by atoms with van der Waals surface area (Å²) in [5.41, 5.74) is 1.93. The molecule has 2 aromatic rings. The average molecular weight is 201 g/mol. The molecule has 0 bridgehead atoms. The molecule has 1 radical (unpaired) electrons. The summed E-state index contributed by atoms with van der Waals surface area (Å²) in [5.74, 6) is 0.192. The van der Waals surface area contributed by atoms with Crippen molar-refractivity contribution in [1.82, 2.24) is 9.78 Å². The van der Waals surface area contributed by atoms with Gasteiger partial charge in [0.05, 0.1) is 12.2 Å². The summed E-state index contributed by atoms with van der Waals surface area (Å²) in [4.78, 5) is 0. The minimum Gasteiger partial charge on any atom is -0.493 e. The fourth-order valence-corrected chi connectivity index (χ4v) is 1.45. The van der Waals surface area contributed by atoms with Gasteiger partial charge in [-0.3, -0.25) is 0 Å². The zero-order chi connectivity index (χ0) is 10.7. The topological polar surface area (TPSA) is 38.0 Å². The number of aromatic hydroxyl groups is 1. The van der Waals surface area contributed by atoms with Gasteiger partial charge in [0.1, 0.15) is 0 Å². The van der Waals surface area contributed by atoms with Gasteiger partial charge in [-0.25, -0.2) is 4.68 Å². The quantitative estimate of drug-likeness (QED) is 0.825. The molecular formula is C12H13N2O. The van der Waals surface area contributed by atoms with E-state index < -0.39 is 0 Å². The van der Waals surface area contributed by atoms with Crippen LogP contribution in [0.2, 0.25) is 0 Å². The van der Waals surface area contributed by atoms with Gasteiger partial charge in [-0.15, -0.1) is 0 Å². The van der Waals surface area contributed by atoms with Crippen molar-refractivity contribution in [1.29, 1.82) is 0 Å². The maximum atomic E-state index is 9.60. The summed E-state index contributed by atoms with van der Waals surface area (Å²) in [6.45, 7) is 4.32. The molecule has 0 fully saturated rings. The van der Waals surface area contributed by atoms with Crippen LogP contribution in [0.5, 0.6) is 5.88 Å². The van der Waals surface area contributed by atoms with E-state index in [1.54, 1.807) is 10.7 Å². The minimum absolute atomic E-state index is 0.192. The zero-order valence-corrected chi connectivity index (χ0v) is 8.43. The van der Waals surface area contributed by atoms with Gasteiger partial charge in [0, 0.05) is 6.07 Å². The van der Waals surface area contributed by atoms with Crippen LogP contribution in [-0.2, 0) is 13.0 Å². The lowest BCUT2D eigenvalue weighted by Crippen LogP contribution is -2.01. The van der Waals surface area contributed by atoms with Crippen molar-refractivity contribution in [2.45, 2.75) is 13.0 Å². The predicted octanol–water partition coefficient (Wildman–Crippen LogP) is 2.01. The molecule has 2 rings (SSSR count). The third-order valence-corrected chi connectivity index (χ3v) is 2.24. The van der Waals surface area contributed by atoms with Crippen molar-refractivity contribution in [3.63, 3.8) is 0 Å². The Morgan fingerprint density at radius 1 is 1.27 bits per heavy atom. The van der Waals surface area contributed by atoms with E-state index in [1.165, 1.54) is 0 Å². The van der Waals surface area contributed by atoms with Crippen LogP contribution in [0.1, 0.15) is 11.3 Å². The summed E-state index contributed by atoms with van der Waals surface area (Å²) < 4.78 is 1.58. The Bertz CT molecular complexity index is 434. The van der Waals surface area contributed by atoms with E-state index in [0.29, 0.717) is 13.0 Å². The molecular weight excluding hydrogens is 188 g/mol. The number of nitrogens with zero attached hydrogens (tertiary/aromatic N) is 2. The summed E-state index contributed by atoms with van der Waals surface area (Å²) in [6, 6.07) is 11.6. The Kier molecular flexibility index (Phi) is 2.72. The van der Waals surface area contributed by atoms with Crippen molar-refractivity contribution >= 4 is 0 Å². The highest BCUT2D eigenvalue weighted by Gasteiger charge is 2.04. The molecule has 0 saturated heterocycles. The molecule has 3 heteroatoms. The Morgan fingerprint density at radius 3 is 2.60 bits per heavy atom. The molecule has 77 valence electrons. The first-order valence-corrected chi connectivity index (χ1v) is 4.88. The third-order valence-electron chi connectivity index (χ3n) is 2.24. The lowest BCUT2D eigenvalue weighted by Gasteiger charge is -2.02. The second-order valence-corrected chi connectivity index (χ2v) is 3.39. The average Bonchev–Trinajstić information content (AvgIpc) is 2.61. The molecule has 0 spiro atoms. The van der Waals surface area contributed by atoms with Crippen LogP contribution in [-0.4, -0.2) is 14.9 Å². The predicted molar refractivity (Wildman–Crippen MR) is 58.5 cm³/mol. The van der Waals surface area contributed by atoms with Gasteiger partial charge in [0.25, 0.3) is 0 Å². The SMILES string of the molecule is [CH2]Cc1cc(O)n(Cc2ccccc2)n1. The molecule has 1 aromatic heterocycles. The van der Waals surface area contributed by atoms with Crippen molar-refractivity contribution < 1.29 is 5.11 Å². The van der Waals surface area contributed by atoms with Crippen LogP contribution in [0, 0.1) is 6.92 Å². The van der Waals surface area contributed by atoms with Crippen molar-refractivity contribution in [2.75, 3.05) is 0 Å². The molecule has 0 atom stereocenters. The number of hydrogen-bond donors (Lipinski definition) is 1. The number of hydrogen-bond acceptors (Lipinski definition) is 2. The summed E-state index contributed by atoms with van der Waals surface area (Å²) in [6.07, 6.45) is 0.593. The smallest absolute Gasteiger partial charge is 0.209 e. The minimum atomic E-state index is 0.192. The van der Waals surface area contributed by atoms with E-state index in [4.69, 9.17) is 0 Å². The molecule has 0 unspecified atom stereocenters. The van der Waals surface area contributed by atoms with E-state index in [2.05, 4.69) is 12.0 Å². The van der Waals surface area contributed by atoms with E-state index in [1.807, 2.05) is 30.3 Å². The molecule has 1 heterocycles. The number of aromatic nitrogens is 2. The van der Waals surface area contributed by atoms with Crippen LogP contribution >= 0.6 is 0 Å². The van der Waals surface area contributed by atoms with Crippen LogP contribution in [0.3, 0.4) is 0 Å². The highest BCUT2D eigenvalue weighted by molar-refractivity contribution is 5.19. The lowest BCUT2D eigenvalue weighted by molar-refractivity contribution is 0.409. The highest BCUT2D eigenvalue weighted by Crippen LogP contribution is 2.13. The first kappa shape index (κ1) is 9.77. The molecule has 1 N–H and O–H groups in total. The van der Waals surface area contributed by atoms with E-state index >= 15 is 0 Å². The fraction of sp³-hybridized carbons (Fsp3) is 0.167.